The number of ketones is 1. The van der Waals surface area contributed by atoms with Gasteiger partial charge in [0.05, 0.1) is 44.6 Å². The number of carbonyl (C=O) groups is 2. The summed E-state index contributed by atoms with van der Waals surface area (Å²) in [5.74, 6) is -1.46. The van der Waals surface area contributed by atoms with E-state index in [1.807, 2.05) is 0 Å². The van der Waals surface area contributed by atoms with E-state index in [1.165, 1.54) is 37.3 Å². The van der Waals surface area contributed by atoms with E-state index in [1.54, 1.807) is 18.2 Å². The summed E-state index contributed by atoms with van der Waals surface area (Å²) in [5, 5.41) is 21.8. The lowest BCUT2D eigenvalue weighted by Crippen LogP contribution is -2.42. The molecule has 186 valence electrons. The number of halogens is 1. The van der Waals surface area contributed by atoms with E-state index in [4.69, 9.17) is 25.8 Å². The highest BCUT2D eigenvalue weighted by atomic mass is 35.5. The lowest BCUT2D eigenvalue weighted by atomic mass is 9.94. The summed E-state index contributed by atoms with van der Waals surface area (Å²) in [4.78, 5) is 30.0. The van der Waals surface area contributed by atoms with Crippen LogP contribution in [-0.4, -0.2) is 85.3 Å². The van der Waals surface area contributed by atoms with Gasteiger partial charge in [0, 0.05) is 31.2 Å². The molecule has 9 nitrogen and oxygen atoms in total. The molecule has 1 amide bonds. The maximum absolute atomic E-state index is 13.2. The topological polar surface area (TPSA) is 109 Å². The monoisotopic (exact) mass is 502 g/mol. The first kappa shape index (κ1) is 24.8. The Morgan fingerprint density at radius 1 is 1.06 bits per heavy atom. The molecule has 1 atom stereocenters. The second kappa shape index (κ2) is 10.6. The molecule has 2 aromatic rings. The summed E-state index contributed by atoms with van der Waals surface area (Å²) in [6.45, 7) is 3.44. The van der Waals surface area contributed by atoms with E-state index in [9.17, 15) is 19.8 Å². The van der Waals surface area contributed by atoms with Gasteiger partial charge >= 0.3 is 0 Å². The van der Waals surface area contributed by atoms with Crippen molar-refractivity contribution in [3.63, 3.8) is 0 Å². The van der Waals surface area contributed by atoms with Crippen molar-refractivity contribution in [1.29, 1.82) is 0 Å². The fourth-order valence-electron chi connectivity index (χ4n) is 4.40. The van der Waals surface area contributed by atoms with Gasteiger partial charge in [-0.2, -0.15) is 0 Å². The van der Waals surface area contributed by atoms with Crippen molar-refractivity contribution in [3.8, 4) is 17.2 Å². The normalized spacial score (nSPS) is 20.3. The van der Waals surface area contributed by atoms with Crippen LogP contribution in [0.1, 0.15) is 17.2 Å². The van der Waals surface area contributed by atoms with Gasteiger partial charge in [0.25, 0.3) is 11.7 Å². The Bertz CT molecular complexity index is 1160. The Balaban J connectivity index is 1.81. The summed E-state index contributed by atoms with van der Waals surface area (Å²) < 4.78 is 16.1. The van der Waals surface area contributed by atoms with Crippen LogP contribution in [0.3, 0.4) is 0 Å². The van der Waals surface area contributed by atoms with Crippen LogP contribution >= 0.6 is 11.6 Å². The molecular weight excluding hydrogens is 476 g/mol. The van der Waals surface area contributed by atoms with E-state index in [0.717, 1.165) is 13.1 Å². The molecule has 0 aromatic heterocycles. The van der Waals surface area contributed by atoms with Gasteiger partial charge in [0.1, 0.15) is 11.5 Å². The molecule has 2 heterocycles. The molecular formula is C25H27ClN2O7. The average Bonchev–Trinajstić information content (AvgIpc) is 3.13. The molecule has 0 spiro atoms. The highest BCUT2D eigenvalue weighted by molar-refractivity contribution is 6.46. The maximum atomic E-state index is 13.2. The van der Waals surface area contributed by atoms with Crippen LogP contribution in [0.15, 0.2) is 42.0 Å². The van der Waals surface area contributed by atoms with Crippen LogP contribution in [0.25, 0.3) is 5.76 Å². The van der Waals surface area contributed by atoms with Gasteiger partial charge in [-0.05, 0) is 35.9 Å². The molecule has 2 saturated heterocycles. The summed E-state index contributed by atoms with van der Waals surface area (Å²) in [7, 11) is 2.99. The number of hydrogen-bond acceptors (Lipinski definition) is 8. The number of carbonyl (C=O) groups excluding carboxylic acids is 2. The first-order chi connectivity index (χ1) is 16.8. The minimum Gasteiger partial charge on any atom is -0.507 e. The van der Waals surface area contributed by atoms with Crippen molar-refractivity contribution in [2.24, 2.45) is 0 Å². The number of nitrogens with zero attached hydrogens (tertiary/aromatic N) is 2. The largest absolute Gasteiger partial charge is 0.507 e. The Morgan fingerprint density at radius 2 is 1.77 bits per heavy atom. The van der Waals surface area contributed by atoms with Gasteiger partial charge in [-0.1, -0.05) is 17.7 Å². The number of hydrogen-bond donors (Lipinski definition) is 2. The van der Waals surface area contributed by atoms with Gasteiger partial charge < -0.3 is 29.3 Å². The van der Waals surface area contributed by atoms with Crippen LogP contribution < -0.4 is 9.47 Å². The highest BCUT2D eigenvalue weighted by Crippen LogP contribution is 2.43. The number of aliphatic hydroxyl groups excluding tert-OH is 1. The van der Waals surface area contributed by atoms with E-state index in [-0.39, 0.29) is 28.5 Å². The number of amides is 1. The lowest BCUT2D eigenvalue weighted by molar-refractivity contribution is -0.140. The Kier molecular flexibility index (Phi) is 7.49. The predicted molar refractivity (Wildman–Crippen MR) is 129 cm³/mol. The zero-order valence-corrected chi connectivity index (χ0v) is 20.2. The van der Waals surface area contributed by atoms with Crippen LogP contribution in [0.5, 0.6) is 17.2 Å². The van der Waals surface area contributed by atoms with Crippen molar-refractivity contribution < 1.29 is 34.0 Å². The van der Waals surface area contributed by atoms with Crippen molar-refractivity contribution in [1.82, 2.24) is 9.80 Å². The van der Waals surface area contributed by atoms with Crippen molar-refractivity contribution in [3.05, 3.63) is 58.1 Å². The highest BCUT2D eigenvalue weighted by Gasteiger charge is 2.46. The van der Waals surface area contributed by atoms with E-state index in [2.05, 4.69) is 4.90 Å². The van der Waals surface area contributed by atoms with Crippen LogP contribution in [0.4, 0.5) is 0 Å². The van der Waals surface area contributed by atoms with Crippen LogP contribution in [0.2, 0.25) is 5.02 Å². The average molecular weight is 503 g/mol. The third kappa shape index (κ3) is 4.93. The second-order valence-corrected chi connectivity index (χ2v) is 8.66. The summed E-state index contributed by atoms with van der Waals surface area (Å²) >= 11 is 6.07. The number of ether oxygens (including phenoxy) is 3. The number of Topliss-reactive ketones (excluding diaryl/α,β-unsaturated/α-hetero) is 1. The molecule has 2 fully saturated rings. The predicted octanol–water partition coefficient (Wildman–Crippen LogP) is 2.82. The first-order valence-corrected chi connectivity index (χ1v) is 11.5. The molecule has 0 bridgehead atoms. The zero-order chi connectivity index (χ0) is 25.1. The number of methoxy groups -OCH3 is 2. The number of aliphatic hydroxyl groups is 1. The lowest BCUT2D eigenvalue weighted by Gasteiger charge is -2.31. The molecule has 2 aromatic carbocycles. The third-order valence-corrected chi connectivity index (χ3v) is 6.47. The molecule has 2 N–H and O–H groups in total. The minimum atomic E-state index is -0.908. The molecule has 35 heavy (non-hydrogen) atoms. The summed E-state index contributed by atoms with van der Waals surface area (Å²) in [6.07, 6.45) is 0. The molecule has 0 radical (unpaired) electrons. The zero-order valence-electron chi connectivity index (χ0n) is 19.5. The summed E-state index contributed by atoms with van der Waals surface area (Å²) in [5.41, 5.74) is 0.378. The molecule has 2 aliphatic rings. The maximum Gasteiger partial charge on any atom is 0.295 e. The standard InChI is InChI=1S/C25H27ClN2O7/c1-33-19-6-3-15(13-20(19)34-2)22-21(23(30)17-14-16(26)4-5-18(17)29)24(31)25(32)28(22)8-7-27-9-11-35-12-10-27/h3-6,13-14,22,29-30H,7-12H2,1-2H3/t22-/m0/s1. The number of phenols is 1. The Morgan fingerprint density at radius 3 is 2.46 bits per heavy atom. The van der Waals surface area contributed by atoms with Gasteiger partial charge in [-0.15, -0.1) is 0 Å². The fourth-order valence-corrected chi connectivity index (χ4v) is 4.57. The van der Waals surface area contributed by atoms with E-state index >= 15 is 0 Å². The molecule has 0 aliphatic carbocycles. The van der Waals surface area contributed by atoms with Gasteiger partial charge in [-0.3, -0.25) is 14.5 Å². The van der Waals surface area contributed by atoms with Crippen molar-refractivity contribution in [2.45, 2.75) is 6.04 Å². The van der Waals surface area contributed by atoms with Gasteiger partial charge in [0.15, 0.2) is 11.5 Å². The molecule has 0 unspecified atom stereocenters. The molecule has 4 rings (SSSR count). The SMILES string of the molecule is COc1ccc([C@H]2C(=C(O)c3cc(Cl)ccc3O)C(=O)C(=O)N2CCN2CCOCC2)cc1OC. The van der Waals surface area contributed by atoms with Crippen molar-refractivity contribution in [2.75, 3.05) is 53.6 Å². The second-order valence-electron chi connectivity index (χ2n) is 8.22. The number of phenolic OH excluding ortho intramolecular Hbond substituents is 1. The van der Waals surface area contributed by atoms with Gasteiger partial charge in [0.2, 0.25) is 0 Å². The minimum absolute atomic E-state index is 0.0332. The third-order valence-electron chi connectivity index (χ3n) is 6.24. The Hall–Kier alpha value is -3.27. The number of likely N-dealkylation sites (tertiary alicyclic amines) is 1. The number of benzene rings is 2. The Labute approximate surface area is 208 Å². The van der Waals surface area contributed by atoms with Crippen LogP contribution in [0, 0.1) is 0 Å². The van der Waals surface area contributed by atoms with E-state index < -0.39 is 23.5 Å². The number of aromatic hydroxyl groups is 1. The van der Waals surface area contributed by atoms with Gasteiger partial charge in [-0.25, -0.2) is 0 Å². The molecule has 0 saturated carbocycles. The first-order valence-electron chi connectivity index (χ1n) is 11.1. The van der Waals surface area contributed by atoms with Crippen molar-refractivity contribution >= 4 is 29.1 Å². The summed E-state index contributed by atoms with van der Waals surface area (Å²) in [6, 6.07) is 8.27. The smallest absolute Gasteiger partial charge is 0.295 e. The molecule has 2 aliphatic heterocycles. The fraction of sp³-hybridized carbons (Fsp3) is 0.360. The van der Waals surface area contributed by atoms with Crippen LogP contribution in [-0.2, 0) is 14.3 Å². The molecule has 10 heteroatoms. The number of morpholine rings is 1. The quantitative estimate of drug-likeness (QED) is 0.338. The van der Waals surface area contributed by atoms with E-state index in [0.29, 0.717) is 36.8 Å². The number of rotatable bonds is 7.